The number of carboxylic acids is 1. The number of aromatic nitrogens is 4. The van der Waals surface area contributed by atoms with Crippen LogP contribution in [0.25, 0.3) is 0 Å². The van der Waals surface area contributed by atoms with Gasteiger partial charge in [-0.15, -0.1) is 10.2 Å². The van der Waals surface area contributed by atoms with Gasteiger partial charge in [-0.05, 0) is 23.4 Å². The number of halogens is 1. The Morgan fingerprint density at radius 3 is 2.84 bits per heavy atom. The Labute approximate surface area is 109 Å². The molecule has 1 heterocycles. The van der Waals surface area contributed by atoms with Crippen molar-refractivity contribution in [3.8, 4) is 0 Å². The summed E-state index contributed by atoms with van der Waals surface area (Å²) in [6, 6.07) is 3.13. The summed E-state index contributed by atoms with van der Waals surface area (Å²) in [5, 5.41) is 19.8. The van der Waals surface area contributed by atoms with E-state index in [-0.39, 0.29) is 22.0 Å². The number of aromatic carboxylic acids is 1. The number of benzene rings is 1. The van der Waals surface area contributed by atoms with Gasteiger partial charge in [0.2, 0.25) is 0 Å². The van der Waals surface area contributed by atoms with E-state index in [4.69, 9.17) is 5.11 Å². The average molecular weight is 284 g/mol. The summed E-state index contributed by atoms with van der Waals surface area (Å²) in [5.74, 6) is -1.88. The zero-order valence-electron chi connectivity index (χ0n) is 9.78. The first-order valence-corrected chi connectivity index (χ1v) is 6.43. The summed E-state index contributed by atoms with van der Waals surface area (Å²) in [7, 11) is -0.229. The van der Waals surface area contributed by atoms with Crippen molar-refractivity contribution < 1.29 is 18.5 Å². The number of hydrogen-bond donors (Lipinski definition) is 1. The molecule has 1 N–H and O–H groups in total. The highest BCUT2D eigenvalue weighted by atomic mass is 32.2. The quantitative estimate of drug-likeness (QED) is 0.870. The number of nitrogens with zero attached hydrogens (tertiary/aromatic N) is 4. The van der Waals surface area contributed by atoms with E-state index in [1.54, 1.807) is 7.05 Å². The molecular formula is C10H9FN4O3S. The summed E-state index contributed by atoms with van der Waals surface area (Å²) in [5.41, 5.74) is -0.128. The van der Waals surface area contributed by atoms with Gasteiger partial charge in [-0.3, -0.25) is 4.21 Å². The number of carbonyl (C=O) groups is 1. The lowest BCUT2D eigenvalue weighted by Crippen LogP contribution is -2.04. The molecule has 0 radical (unpaired) electrons. The normalized spacial score (nSPS) is 12.3. The Bertz CT molecular complexity index is 658. The molecule has 1 atom stereocenters. The fourth-order valence-electron chi connectivity index (χ4n) is 1.39. The van der Waals surface area contributed by atoms with Crippen LogP contribution in [0, 0.1) is 5.82 Å². The van der Waals surface area contributed by atoms with Crippen LogP contribution in [0.3, 0.4) is 0 Å². The minimum absolute atomic E-state index is 0.128. The van der Waals surface area contributed by atoms with Crippen molar-refractivity contribution in [2.45, 2.75) is 10.6 Å². The molecule has 1 unspecified atom stereocenters. The van der Waals surface area contributed by atoms with Crippen LogP contribution in [0.15, 0.2) is 23.1 Å². The van der Waals surface area contributed by atoms with E-state index >= 15 is 0 Å². The van der Waals surface area contributed by atoms with Crippen LogP contribution >= 0.6 is 0 Å². The monoisotopic (exact) mass is 284 g/mol. The van der Waals surface area contributed by atoms with Gasteiger partial charge in [-0.25, -0.2) is 9.18 Å². The fourth-order valence-corrected chi connectivity index (χ4v) is 2.44. The molecule has 0 fully saturated rings. The molecule has 0 saturated heterocycles. The van der Waals surface area contributed by atoms with E-state index in [2.05, 4.69) is 15.4 Å². The minimum atomic E-state index is -1.78. The molecule has 0 amide bonds. The molecule has 2 aromatic rings. The Hall–Kier alpha value is -2.16. The first kappa shape index (κ1) is 13.3. The van der Waals surface area contributed by atoms with Gasteiger partial charge in [0.1, 0.15) is 5.82 Å². The molecule has 0 saturated carbocycles. The molecule has 19 heavy (non-hydrogen) atoms. The first-order chi connectivity index (χ1) is 8.97. The summed E-state index contributed by atoms with van der Waals surface area (Å²) < 4.78 is 25.5. The maximum Gasteiger partial charge on any atom is 0.335 e. The van der Waals surface area contributed by atoms with Gasteiger partial charge in [0.25, 0.3) is 0 Å². The van der Waals surface area contributed by atoms with E-state index in [0.29, 0.717) is 0 Å². The fraction of sp³-hybridized carbons (Fsp3) is 0.200. The van der Waals surface area contributed by atoms with Crippen molar-refractivity contribution in [3.05, 3.63) is 35.4 Å². The highest BCUT2D eigenvalue weighted by Gasteiger charge is 2.16. The lowest BCUT2D eigenvalue weighted by molar-refractivity contribution is 0.0696. The van der Waals surface area contributed by atoms with Crippen LogP contribution in [0.4, 0.5) is 4.39 Å². The van der Waals surface area contributed by atoms with Crippen LogP contribution in [0.5, 0.6) is 0 Å². The summed E-state index contributed by atoms with van der Waals surface area (Å²) in [6.45, 7) is 0. The molecule has 2 rings (SSSR count). The molecule has 1 aromatic carbocycles. The third-order valence-corrected chi connectivity index (χ3v) is 3.56. The second kappa shape index (κ2) is 5.22. The summed E-state index contributed by atoms with van der Waals surface area (Å²) in [4.78, 5) is 11.8. The van der Waals surface area contributed by atoms with Gasteiger partial charge < -0.3 is 5.11 Å². The predicted octanol–water partition coefficient (Wildman–Crippen LogP) is 0.355. The molecular weight excluding hydrogens is 275 g/mol. The molecule has 1 aromatic heterocycles. The molecule has 0 spiro atoms. The maximum absolute atomic E-state index is 13.5. The molecule has 7 nitrogen and oxygen atoms in total. The standard InChI is InChI=1S/C10H9FN4O3S/c1-15-13-9(12-14-15)5-19(18)8-4-6(10(16)17)2-3-7(8)11/h2-4H,5H2,1H3,(H,16,17). The zero-order valence-corrected chi connectivity index (χ0v) is 10.6. The predicted molar refractivity (Wildman–Crippen MR) is 62.3 cm³/mol. The number of tetrazole rings is 1. The average Bonchev–Trinajstić information content (AvgIpc) is 2.74. The van der Waals surface area contributed by atoms with Crippen molar-refractivity contribution in [2.24, 2.45) is 7.05 Å². The smallest absolute Gasteiger partial charge is 0.335 e. The molecule has 9 heteroatoms. The Balaban J connectivity index is 2.27. The van der Waals surface area contributed by atoms with Crippen LogP contribution in [-0.4, -0.2) is 35.5 Å². The van der Waals surface area contributed by atoms with Gasteiger partial charge in [-0.1, -0.05) is 0 Å². The van der Waals surface area contributed by atoms with Gasteiger partial charge in [-0.2, -0.15) is 4.80 Å². The second-order valence-corrected chi connectivity index (χ2v) is 5.05. The van der Waals surface area contributed by atoms with Crippen LogP contribution < -0.4 is 0 Å². The maximum atomic E-state index is 13.5. The molecule has 0 aliphatic heterocycles. The Morgan fingerprint density at radius 1 is 1.53 bits per heavy atom. The largest absolute Gasteiger partial charge is 0.478 e. The Kier molecular flexibility index (Phi) is 3.65. The van der Waals surface area contributed by atoms with E-state index in [1.807, 2.05) is 0 Å². The second-order valence-electron chi connectivity index (χ2n) is 3.64. The van der Waals surface area contributed by atoms with Crippen molar-refractivity contribution in [1.29, 1.82) is 0 Å². The third-order valence-electron chi connectivity index (χ3n) is 2.23. The molecule has 0 aliphatic carbocycles. The van der Waals surface area contributed by atoms with Gasteiger partial charge in [0.05, 0.1) is 34.1 Å². The van der Waals surface area contributed by atoms with Crippen LogP contribution in [0.2, 0.25) is 0 Å². The molecule has 100 valence electrons. The van der Waals surface area contributed by atoms with Crippen molar-refractivity contribution in [1.82, 2.24) is 20.2 Å². The van der Waals surface area contributed by atoms with E-state index in [1.165, 1.54) is 4.80 Å². The van der Waals surface area contributed by atoms with Gasteiger partial charge in [0, 0.05) is 0 Å². The van der Waals surface area contributed by atoms with E-state index in [9.17, 15) is 13.4 Å². The van der Waals surface area contributed by atoms with Gasteiger partial charge in [0.15, 0.2) is 5.82 Å². The number of carboxylic acid groups (broad SMARTS) is 1. The molecule has 0 aliphatic rings. The van der Waals surface area contributed by atoms with Crippen molar-refractivity contribution >= 4 is 16.8 Å². The first-order valence-electron chi connectivity index (χ1n) is 5.11. The van der Waals surface area contributed by atoms with Crippen molar-refractivity contribution in [2.75, 3.05) is 0 Å². The van der Waals surface area contributed by atoms with E-state index < -0.39 is 22.6 Å². The lowest BCUT2D eigenvalue weighted by atomic mass is 10.2. The zero-order chi connectivity index (χ0) is 14.0. The van der Waals surface area contributed by atoms with Crippen LogP contribution in [-0.2, 0) is 23.6 Å². The summed E-state index contributed by atoms with van der Waals surface area (Å²) >= 11 is 0. The summed E-state index contributed by atoms with van der Waals surface area (Å²) in [6.07, 6.45) is 0. The SMILES string of the molecule is Cn1nnc(CS(=O)c2cc(C(=O)O)ccc2F)n1. The lowest BCUT2D eigenvalue weighted by Gasteiger charge is -2.03. The number of hydrogen-bond acceptors (Lipinski definition) is 5. The van der Waals surface area contributed by atoms with Crippen molar-refractivity contribution in [3.63, 3.8) is 0 Å². The minimum Gasteiger partial charge on any atom is -0.478 e. The number of rotatable bonds is 4. The highest BCUT2D eigenvalue weighted by molar-refractivity contribution is 7.84. The van der Waals surface area contributed by atoms with E-state index in [0.717, 1.165) is 18.2 Å². The highest BCUT2D eigenvalue weighted by Crippen LogP contribution is 2.17. The number of aryl methyl sites for hydroxylation is 1. The van der Waals surface area contributed by atoms with Gasteiger partial charge >= 0.3 is 5.97 Å². The topological polar surface area (TPSA) is 98.0 Å². The van der Waals surface area contributed by atoms with Crippen LogP contribution in [0.1, 0.15) is 16.2 Å². The molecule has 0 bridgehead atoms. The Morgan fingerprint density at radius 2 is 2.26 bits per heavy atom. The third kappa shape index (κ3) is 2.99.